The molecule has 0 aliphatic heterocycles. The van der Waals surface area contributed by atoms with E-state index in [1.165, 1.54) is 0 Å². The molecule has 0 saturated heterocycles. The lowest BCUT2D eigenvalue weighted by atomic mass is 10.0. The fourth-order valence-corrected chi connectivity index (χ4v) is 9.13. The number of anilines is 9. The summed E-state index contributed by atoms with van der Waals surface area (Å²) < 4.78 is 19.8. The van der Waals surface area contributed by atoms with Crippen molar-refractivity contribution in [1.29, 1.82) is 0 Å². The molecule has 0 bridgehead atoms. The van der Waals surface area contributed by atoms with E-state index < -0.39 is 0 Å². The first-order chi connectivity index (χ1) is 32.6. The summed E-state index contributed by atoms with van der Waals surface area (Å²) in [5, 5.41) is 6.54. The third-order valence-corrected chi connectivity index (χ3v) is 11.9. The highest BCUT2D eigenvalue weighted by atomic mass is 16.5. The van der Waals surface area contributed by atoms with E-state index in [1.54, 1.807) is 0 Å². The molecular weight excluding hydrogens is 811 g/mol. The zero-order chi connectivity index (χ0) is 44.8. The number of rotatable bonds is 15. The van der Waals surface area contributed by atoms with Crippen molar-refractivity contribution >= 4 is 83.5 Å². The van der Waals surface area contributed by atoms with Crippen LogP contribution in [0.1, 0.15) is 20.8 Å². The van der Waals surface area contributed by atoms with Gasteiger partial charge >= 0.3 is 0 Å². The van der Waals surface area contributed by atoms with Crippen LogP contribution in [0.2, 0.25) is 0 Å². The second-order valence-electron chi connectivity index (χ2n) is 15.9. The van der Waals surface area contributed by atoms with E-state index in [1.807, 2.05) is 20.8 Å². The molecule has 10 aromatic rings. The molecule has 0 saturated carbocycles. The number of hydrogen-bond donors (Lipinski definition) is 0. The van der Waals surface area contributed by atoms with Gasteiger partial charge in [-0.3, -0.25) is 0 Å². The first-order valence-corrected chi connectivity index (χ1v) is 22.8. The SMILES string of the molecule is CCOc1ccc2ccccc2c1N(c1ccccc1)c1cc(N(c2ccccc2)c2c(OCC)ccc3ccccc23)cc(N(c2ccccc2)c2c(OCC)ccc3ccccc23)c1. The van der Waals surface area contributed by atoms with E-state index >= 15 is 0 Å². The van der Waals surface area contributed by atoms with Gasteiger partial charge in [-0.1, -0.05) is 146 Å². The average Bonchev–Trinajstić information content (AvgIpc) is 3.37. The first-order valence-electron chi connectivity index (χ1n) is 22.8. The molecule has 6 heteroatoms. The number of ether oxygens (including phenoxy) is 3. The van der Waals surface area contributed by atoms with Gasteiger partial charge in [0.15, 0.2) is 0 Å². The summed E-state index contributed by atoms with van der Waals surface area (Å²) in [4.78, 5) is 7.06. The minimum absolute atomic E-state index is 0.505. The molecule has 0 spiro atoms. The van der Waals surface area contributed by atoms with Crippen LogP contribution in [0.4, 0.5) is 51.2 Å². The lowest BCUT2D eigenvalue weighted by molar-refractivity contribution is 0.341. The second-order valence-corrected chi connectivity index (χ2v) is 15.9. The van der Waals surface area contributed by atoms with Gasteiger partial charge in [-0.15, -0.1) is 0 Å². The Bertz CT molecular complexity index is 2910. The third kappa shape index (κ3) is 7.99. The molecule has 10 aromatic carbocycles. The van der Waals surface area contributed by atoms with Crippen LogP contribution in [-0.2, 0) is 0 Å². The molecule has 0 radical (unpaired) electrons. The Labute approximate surface area is 387 Å². The van der Waals surface area contributed by atoms with Crippen LogP contribution in [0.3, 0.4) is 0 Å². The van der Waals surface area contributed by atoms with E-state index in [9.17, 15) is 0 Å². The zero-order valence-electron chi connectivity index (χ0n) is 37.5. The molecule has 0 atom stereocenters. The van der Waals surface area contributed by atoms with Gasteiger partial charge in [-0.25, -0.2) is 0 Å². The maximum absolute atomic E-state index is 6.59. The summed E-state index contributed by atoms with van der Waals surface area (Å²) in [5.41, 5.74) is 8.55. The van der Waals surface area contributed by atoms with Crippen molar-refractivity contribution in [2.24, 2.45) is 0 Å². The lowest BCUT2D eigenvalue weighted by Gasteiger charge is -2.35. The molecule has 0 heterocycles. The molecule has 0 aromatic heterocycles. The molecule has 0 aliphatic carbocycles. The van der Waals surface area contributed by atoms with E-state index in [2.05, 4.69) is 233 Å². The predicted molar refractivity (Wildman–Crippen MR) is 277 cm³/mol. The van der Waals surface area contributed by atoms with Gasteiger partial charge in [0.2, 0.25) is 0 Å². The van der Waals surface area contributed by atoms with Crippen molar-refractivity contribution in [2.45, 2.75) is 20.8 Å². The zero-order valence-corrected chi connectivity index (χ0v) is 37.5. The van der Waals surface area contributed by atoms with Gasteiger partial charge < -0.3 is 28.9 Å². The number of para-hydroxylation sites is 3. The van der Waals surface area contributed by atoms with Gasteiger partial charge in [0, 0.05) is 33.2 Å². The van der Waals surface area contributed by atoms with Crippen LogP contribution in [0.5, 0.6) is 17.2 Å². The second kappa shape index (κ2) is 18.9. The molecular formula is C60H51N3O3. The Morgan fingerprint density at radius 3 is 0.803 bits per heavy atom. The van der Waals surface area contributed by atoms with E-state index in [0.717, 1.165) is 101 Å². The standard InChI is InChI=1S/C60H51N3O3/c1-4-64-55-37-34-43-22-16-19-31-52(43)58(55)61(46-25-10-7-11-26-46)49-40-50(62(47-27-12-8-13-28-47)59-53-32-20-17-23-44(53)35-38-56(59)65-5-2)42-51(41-49)63(48-29-14-9-15-30-48)60-54-33-21-18-24-45(54)36-39-57(60)66-6-3/h7-42H,4-6H2,1-3H3. The summed E-state index contributed by atoms with van der Waals surface area (Å²) in [7, 11) is 0. The molecule has 0 N–H and O–H groups in total. The summed E-state index contributed by atoms with van der Waals surface area (Å²) in [6, 6.07) is 77.1. The summed E-state index contributed by atoms with van der Waals surface area (Å²) in [6.07, 6.45) is 0. The lowest BCUT2D eigenvalue weighted by Crippen LogP contribution is -2.18. The molecule has 6 nitrogen and oxygen atoms in total. The molecule has 0 unspecified atom stereocenters. The Morgan fingerprint density at radius 1 is 0.273 bits per heavy atom. The first kappa shape index (κ1) is 41.8. The number of nitrogens with zero attached hydrogens (tertiary/aromatic N) is 3. The minimum Gasteiger partial charge on any atom is -0.492 e. The molecule has 324 valence electrons. The van der Waals surface area contributed by atoms with Crippen LogP contribution < -0.4 is 28.9 Å². The van der Waals surface area contributed by atoms with Crippen molar-refractivity contribution in [3.63, 3.8) is 0 Å². The fourth-order valence-electron chi connectivity index (χ4n) is 9.13. The normalized spacial score (nSPS) is 11.1. The molecule has 0 fully saturated rings. The van der Waals surface area contributed by atoms with Crippen molar-refractivity contribution in [3.8, 4) is 17.2 Å². The average molecular weight is 862 g/mol. The summed E-state index contributed by atoms with van der Waals surface area (Å²) in [6.45, 7) is 7.64. The Balaban J connectivity index is 1.37. The summed E-state index contributed by atoms with van der Waals surface area (Å²) >= 11 is 0. The van der Waals surface area contributed by atoms with Gasteiger partial charge in [0.1, 0.15) is 17.2 Å². The number of hydrogen-bond acceptors (Lipinski definition) is 6. The van der Waals surface area contributed by atoms with Crippen LogP contribution in [0.15, 0.2) is 218 Å². The van der Waals surface area contributed by atoms with E-state index in [-0.39, 0.29) is 0 Å². The molecule has 10 rings (SSSR count). The number of fused-ring (bicyclic) bond motifs is 3. The van der Waals surface area contributed by atoms with Crippen LogP contribution in [0.25, 0.3) is 32.3 Å². The smallest absolute Gasteiger partial charge is 0.143 e. The van der Waals surface area contributed by atoms with Gasteiger partial charge in [0.25, 0.3) is 0 Å². The van der Waals surface area contributed by atoms with E-state index in [4.69, 9.17) is 14.2 Å². The van der Waals surface area contributed by atoms with Gasteiger partial charge in [-0.05, 0) is 110 Å². The highest BCUT2D eigenvalue weighted by Crippen LogP contribution is 2.53. The van der Waals surface area contributed by atoms with Crippen molar-refractivity contribution in [1.82, 2.24) is 0 Å². The highest BCUT2D eigenvalue weighted by molar-refractivity contribution is 6.07. The largest absolute Gasteiger partial charge is 0.492 e. The number of benzene rings is 10. The van der Waals surface area contributed by atoms with Crippen molar-refractivity contribution < 1.29 is 14.2 Å². The Morgan fingerprint density at radius 2 is 0.530 bits per heavy atom. The topological polar surface area (TPSA) is 37.4 Å². The Kier molecular flexibility index (Phi) is 11.9. The van der Waals surface area contributed by atoms with Crippen LogP contribution >= 0.6 is 0 Å². The Hall–Kier alpha value is -8.22. The minimum atomic E-state index is 0.505. The van der Waals surface area contributed by atoms with Crippen LogP contribution in [-0.4, -0.2) is 19.8 Å². The maximum Gasteiger partial charge on any atom is 0.143 e. The van der Waals surface area contributed by atoms with Crippen LogP contribution in [0, 0.1) is 0 Å². The van der Waals surface area contributed by atoms with Crippen molar-refractivity contribution in [2.75, 3.05) is 34.5 Å². The fraction of sp³-hybridized carbons (Fsp3) is 0.100. The van der Waals surface area contributed by atoms with Gasteiger partial charge in [-0.2, -0.15) is 0 Å². The summed E-state index contributed by atoms with van der Waals surface area (Å²) in [5.74, 6) is 2.35. The molecule has 0 aliphatic rings. The predicted octanol–water partition coefficient (Wildman–Crippen LogP) is 16.8. The molecule has 66 heavy (non-hydrogen) atoms. The van der Waals surface area contributed by atoms with E-state index in [0.29, 0.717) is 19.8 Å². The monoisotopic (exact) mass is 861 g/mol. The van der Waals surface area contributed by atoms with Crippen molar-refractivity contribution in [3.05, 3.63) is 218 Å². The quantitative estimate of drug-likeness (QED) is 0.102. The molecule has 0 amide bonds. The highest BCUT2D eigenvalue weighted by Gasteiger charge is 2.28. The van der Waals surface area contributed by atoms with Gasteiger partial charge in [0.05, 0.1) is 53.9 Å². The maximum atomic E-state index is 6.59. The third-order valence-electron chi connectivity index (χ3n) is 11.9.